The molecule has 0 aliphatic carbocycles. The number of para-hydroxylation sites is 1. The molecule has 2 rings (SSSR count). The predicted octanol–water partition coefficient (Wildman–Crippen LogP) is 4.17. The summed E-state index contributed by atoms with van der Waals surface area (Å²) in [7, 11) is 3.68. The van der Waals surface area contributed by atoms with Crippen LogP contribution in [0.15, 0.2) is 53.5 Å². The molecule has 0 aromatic heterocycles. The van der Waals surface area contributed by atoms with E-state index in [4.69, 9.17) is 16.4 Å². The molecule has 1 amide bonds. The molecule has 6 heteroatoms. The Morgan fingerprint density at radius 3 is 2.17 bits per heavy atom. The highest BCUT2D eigenvalue weighted by atomic mass is 35.5. The lowest BCUT2D eigenvalue weighted by atomic mass is 10.2. The van der Waals surface area contributed by atoms with Crippen molar-refractivity contribution in [1.82, 2.24) is 0 Å². The summed E-state index contributed by atoms with van der Waals surface area (Å²) in [5.74, 6) is 1.06. The zero-order valence-electron chi connectivity index (χ0n) is 14.2. The van der Waals surface area contributed by atoms with E-state index in [2.05, 4.69) is 4.99 Å². The molecule has 0 aliphatic heterocycles. The third-order valence-electron chi connectivity index (χ3n) is 3.59. The summed E-state index contributed by atoms with van der Waals surface area (Å²) in [6, 6.07) is 14.4. The minimum Gasteiger partial charge on any atom is -0.370 e. The van der Waals surface area contributed by atoms with Crippen LogP contribution in [0, 0.1) is 0 Å². The molecule has 0 radical (unpaired) electrons. The third-order valence-corrected chi connectivity index (χ3v) is 3.91. The van der Waals surface area contributed by atoms with E-state index in [1.54, 1.807) is 31.3 Å². The number of benzene rings is 2. The summed E-state index contributed by atoms with van der Waals surface area (Å²) >= 11 is 6.10. The Balaban J connectivity index is 2.26. The molecule has 0 N–H and O–H groups in total. The fourth-order valence-electron chi connectivity index (χ4n) is 2.06. The number of amides is 1. The molecule has 126 valence electrons. The number of halogens is 1. The molecule has 0 unspecified atom stereocenters. The van der Waals surface area contributed by atoms with Crippen molar-refractivity contribution in [2.75, 3.05) is 24.1 Å². The molecule has 0 aliphatic rings. The number of hydrogen-bond donors (Lipinski definition) is 0. The molecule has 2 aromatic rings. The summed E-state index contributed by atoms with van der Waals surface area (Å²) in [5, 5.41) is 1.65. The maximum absolute atomic E-state index is 12.0. The average molecular weight is 346 g/mol. The SMILES string of the molecule is CN=C(C)N(C)c1ccc(N(Oc2ccccc2Cl)C(C)=O)cc1. The van der Waals surface area contributed by atoms with Crippen molar-refractivity contribution in [3.63, 3.8) is 0 Å². The number of carbonyl (C=O) groups excluding carboxylic acids is 1. The normalized spacial score (nSPS) is 11.1. The molecule has 0 saturated heterocycles. The van der Waals surface area contributed by atoms with E-state index < -0.39 is 0 Å². The van der Waals surface area contributed by atoms with Gasteiger partial charge in [0.15, 0.2) is 5.75 Å². The van der Waals surface area contributed by atoms with Gasteiger partial charge >= 0.3 is 0 Å². The van der Waals surface area contributed by atoms with Gasteiger partial charge in [0, 0.05) is 26.7 Å². The first-order chi connectivity index (χ1) is 11.4. The summed E-state index contributed by atoms with van der Waals surface area (Å²) in [5.41, 5.74) is 1.58. The molecule has 0 spiro atoms. The Morgan fingerprint density at radius 2 is 1.62 bits per heavy atom. The van der Waals surface area contributed by atoms with Crippen LogP contribution in [0.4, 0.5) is 11.4 Å². The smallest absolute Gasteiger partial charge is 0.256 e. The first-order valence-corrected chi connectivity index (χ1v) is 7.82. The monoisotopic (exact) mass is 345 g/mol. The summed E-state index contributed by atoms with van der Waals surface area (Å²) in [6.07, 6.45) is 0. The molecular formula is C18H20ClN3O2. The van der Waals surface area contributed by atoms with Crippen LogP contribution < -0.4 is 14.8 Å². The molecule has 2 aromatic carbocycles. The molecule has 24 heavy (non-hydrogen) atoms. The minimum atomic E-state index is -0.248. The molecule has 0 heterocycles. The Labute approximate surface area is 147 Å². The van der Waals surface area contributed by atoms with Gasteiger partial charge in [-0.05, 0) is 43.3 Å². The van der Waals surface area contributed by atoms with Crippen LogP contribution >= 0.6 is 11.6 Å². The number of amidine groups is 1. The second kappa shape index (κ2) is 7.84. The number of rotatable bonds is 4. The van der Waals surface area contributed by atoms with Crippen LogP contribution in [0.1, 0.15) is 13.8 Å². The van der Waals surface area contributed by atoms with Crippen LogP contribution in [-0.4, -0.2) is 25.8 Å². The second-order valence-electron chi connectivity index (χ2n) is 5.18. The van der Waals surface area contributed by atoms with Crippen molar-refractivity contribution in [3.8, 4) is 5.75 Å². The summed E-state index contributed by atoms with van der Waals surface area (Å²) in [4.78, 5) is 23.7. The number of hydrogen-bond acceptors (Lipinski definition) is 3. The Morgan fingerprint density at radius 1 is 1.04 bits per heavy atom. The topological polar surface area (TPSA) is 45.1 Å². The van der Waals surface area contributed by atoms with E-state index in [0.717, 1.165) is 11.5 Å². The lowest BCUT2D eigenvalue weighted by Crippen LogP contribution is -2.32. The second-order valence-corrected chi connectivity index (χ2v) is 5.59. The number of carbonyl (C=O) groups is 1. The zero-order valence-corrected chi connectivity index (χ0v) is 14.9. The molecule has 0 bridgehead atoms. The van der Waals surface area contributed by atoms with Crippen LogP contribution in [-0.2, 0) is 4.79 Å². The molecule has 0 atom stereocenters. The average Bonchev–Trinajstić information content (AvgIpc) is 2.59. The van der Waals surface area contributed by atoms with Crippen molar-refractivity contribution >= 4 is 34.7 Å². The number of anilines is 2. The number of aliphatic imine (C=N–C) groups is 1. The quantitative estimate of drug-likeness (QED) is 0.474. The fourth-order valence-corrected chi connectivity index (χ4v) is 2.23. The van der Waals surface area contributed by atoms with Gasteiger partial charge in [0.1, 0.15) is 0 Å². The highest BCUT2D eigenvalue weighted by Gasteiger charge is 2.16. The standard InChI is InChI=1S/C18H20ClN3O2/c1-13(20-3)21(4)15-9-11-16(12-10-15)22(14(2)23)24-18-8-6-5-7-17(18)19/h5-12H,1-4H3. The maximum Gasteiger partial charge on any atom is 0.256 e. The minimum absolute atomic E-state index is 0.248. The Hall–Kier alpha value is -2.53. The molecule has 5 nitrogen and oxygen atoms in total. The summed E-state index contributed by atoms with van der Waals surface area (Å²) in [6.45, 7) is 3.36. The van der Waals surface area contributed by atoms with E-state index >= 15 is 0 Å². The van der Waals surface area contributed by atoms with E-state index in [1.165, 1.54) is 12.0 Å². The Kier molecular flexibility index (Phi) is 5.82. The van der Waals surface area contributed by atoms with Crippen LogP contribution in [0.3, 0.4) is 0 Å². The van der Waals surface area contributed by atoms with Gasteiger partial charge in [-0.15, -0.1) is 5.06 Å². The lowest BCUT2D eigenvalue weighted by Gasteiger charge is -2.23. The zero-order chi connectivity index (χ0) is 17.7. The molecular weight excluding hydrogens is 326 g/mol. The summed E-state index contributed by atoms with van der Waals surface area (Å²) < 4.78 is 0. The first-order valence-electron chi connectivity index (χ1n) is 7.44. The largest absolute Gasteiger partial charge is 0.370 e. The van der Waals surface area contributed by atoms with Gasteiger partial charge in [-0.25, -0.2) is 0 Å². The Bertz CT molecular complexity index is 744. The predicted molar refractivity (Wildman–Crippen MR) is 99.1 cm³/mol. The van der Waals surface area contributed by atoms with Crippen molar-refractivity contribution < 1.29 is 9.63 Å². The highest BCUT2D eigenvalue weighted by molar-refractivity contribution is 6.32. The van der Waals surface area contributed by atoms with Crippen molar-refractivity contribution in [3.05, 3.63) is 53.6 Å². The van der Waals surface area contributed by atoms with Gasteiger partial charge in [-0.3, -0.25) is 9.79 Å². The fraction of sp³-hybridized carbons (Fsp3) is 0.222. The van der Waals surface area contributed by atoms with Crippen LogP contribution in [0.5, 0.6) is 5.75 Å². The molecule has 0 saturated carbocycles. The van der Waals surface area contributed by atoms with E-state index in [0.29, 0.717) is 16.5 Å². The van der Waals surface area contributed by atoms with Crippen molar-refractivity contribution in [2.24, 2.45) is 4.99 Å². The van der Waals surface area contributed by atoms with E-state index in [-0.39, 0.29) is 5.91 Å². The maximum atomic E-state index is 12.0. The van der Waals surface area contributed by atoms with Crippen LogP contribution in [0.2, 0.25) is 5.02 Å². The van der Waals surface area contributed by atoms with E-state index in [1.807, 2.05) is 43.1 Å². The van der Waals surface area contributed by atoms with Crippen molar-refractivity contribution in [2.45, 2.75) is 13.8 Å². The van der Waals surface area contributed by atoms with E-state index in [9.17, 15) is 4.79 Å². The molecule has 0 fully saturated rings. The van der Waals surface area contributed by atoms with Crippen LogP contribution in [0.25, 0.3) is 0 Å². The van der Waals surface area contributed by atoms with Crippen molar-refractivity contribution in [1.29, 1.82) is 0 Å². The van der Waals surface area contributed by atoms with Gasteiger partial charge in [-0.1, -0.05) is 23.7 Å². The third kappa shape index (κ3) is 4.06. The van der Waals surface area contributed by atoms with Gasteiger partial charge in [0.25, 0.3) is 5.91 Å². The van der Waals surface area contributed by atoms with Gasteiger partial charge in [0.2, 0.25) is 0 Å². The highest BCUT2D eigenvalue weighted by Crippen LogP contribution is 2.27. The van der Waals surface area contributed by atoms with Gasteiger partial charge in [0.05, 0.1) is 16.5 Å². The number of nitrogens with zero attached hydrogens (tertiary/aromatic N) is 3. The lowest BCUT2D eigenvalue weighted by molar-refractivity contribution is -0.120. The van der Waals surface area contributed by atoms with Gasteiger partial charge < -0.3 is 9.74 Å². The first kappa shape index (κ1) is 17.8. The van der Waals surface area contributed by atoms with Gasteiger partial charge in [-0.2, -0.15) is 0 Å². The number of hydroxylamine groups is 1.